The molecule has 18 heavy (non-hydrogen) atoms. The number of rotatable bonds is 8. The van der Waals surface area contributed by atoms with E-state index in [1.165, 1.54) is 30.6 Å². The summed E-state index contributed by atoms with van der Waals surface area (Å²) in [6.45, 7) is 4.39. The topological polar surface area (TPSA) is 17.1 Å². The van der Waals surface area contributed by atoms with Crippen molar-refractivity contribution in [2.75, 3.05) is 6.26 Å². The quantitative estimate of drug-likeness (QED) is 0.474. The van der Waals surface area contributed by atoms with Crippen LogP contribution in [0, 0.1) is 5.92 Å². The second kappa shape index (κ2) is 8.36. The third kappa shape index (κ3) is 4.85. The number of Topliss-reactive ketones (excluding diaryl/α,β-unsaturated/α-hetero) is 1. The third-order valence-electron chi connectivity index (χ3n) is 3.28. The fraction of sp³-hybridized carbons (Fsp3) is 0.562. The lowest BCUT2D eigenvalue weighted by atomic mass is 9.91. The molecular formula is C16H24OS. The molecule has 0 heterocycles. The van der Waals surface area contributed by atoms with Gasteiger partial charge in [-0.3, -0.25) is 4.79 Å². The van der Waals surface area contributed by atoms with Gasteiger partial charge in [-0.2, -0.15) is 0 Å². The van der Waals surface area contributed by atoms with Crippen LogP contribution in [0.3, 0.4) is 0 Å². The largest absolute Gasteiger partial charge is 0.294 e. The van der Waals surface area contributed by atoms with Crippen LogP contribution in [-0.2, 0) is 0 Å². The van der Waals surface area contributed by atoms with Crippen LogP contribution in [0.25, 0.3) is 0 Å². The minimum atomic E-state index is 0.301. The molecule has 0 unspecified atom stereocenters. The van der Waals surface area contributed by atoms with E-state index in [0.29, 0.717) is 18.1 Å². The number of carbonyl (C=O) groups excluding carboxylic acids is 1. The summed E-state index contributed by atoms with van der Waals surface area (Å²) in [5.74, 6) is 0.863. The number of carbonyl (C=O) groups is 1. The molecule has 0 bridgehead atoms. The molecule has 0 aliphatic rings. The summed E-state index contributed by atoms with van der Waals surface area (Å²) in [7, 11) is 0. The van der Waals surface area contributed by atoms with E-state index in [9.17, 15) is 4.79 Å². The first kappa shape index (κ1) is 15.3. The Labute approximate surface area is 115 Å². The fourth-order valence-electron chi connectivity index (χ4n) is 2.32. The summed E-state index contributed by atoms with van der Waals surface area (Å²) in [6.07, 6.45) is 7.44. The predicted octanol–water partition coefficient (Wildman–Crippen LogP) is 5.20. The van der Waals surface area contributed by atoms with E-state index in [1.807, 2.05) is 24.3 Å². The van der Waals surface area contributed by atoms with Crippen molar-refractivity contribution in [3.63, 3.8) is 0 Å². The molecule has 0 saturated heterocycles. The van der Waals surface area contributed by atoms with Crippen molar-refractivity contribution in [3.8, 4) is 0 Å². The molecule has 0 radical (unpaired) electrons. The zero-order valence-corrected chi connectivity index (χ0v) is 12.6. The Bertz CT molecular complexity index is 350. The van der Waals surface area contributed by atoms with E-state index >= 15 is 0 Å². The highest BCUT2D eigenvalue weighted by molar-refractivity contribution is 7.98. The Hall–Kier alpha value is -0.760. The van der Waals surface area contributed by atoms with Crippen molar-refractivity contribution in [3.05, 3.63) is 29.8 Å². The van der Waals surface area contributed by atoms with Crippen LogP contribution in [0.5, 0.6) is 0 Å². The van der Waals surface area contributed by atoms with Gasteiger partial charge in [-0.15, -0.1) is 11.8 Å². The molecule has 1 rings (SSSR count). The average Bonchev–Trinajstić information content (AvgIpc) is 2.39. The minimum absolute atomic E-state index is 0.301. The molecule has 0 N–H and O–H groups in total. The van der Waals surface area contributed by atoms with Gasteiger partial charge < -0.3 is 0 Å². The Morgan fingerprint density at radius 3 is 2.11 bits per heavy atom. The summed E-state index contributed by atoms with van der Waals surface area (Å²) in [5.41, 5.74) is 0.866. The van der Waals surface area contributed by atoms with Gasteiger partial charge in [0.2, 0.25) is 0 Å². The van der Waals surface area contributed by atoms with E-state index in [-0.39, 0.29) is 0 Å². The molecular weight excluding hydrogens is 240 g/mol. The molecule has 2 heteroatoms. The third-order valence-corrected chi connectivity index (χ3v) is 4.02. The van der Waals surface area contributed by atoms with Crippen LogP contribution in [0.1, 0.15) is 56.3 Å². The van der Waals surface area contributed by atoms with Gasteiger partial charge in [0.15, 0.2) is 5.78 Å². The van der Waals surface area contributed by atoms with Crippen molar-refractivity contribution in [1.29, 1.82) is 0 Å². The number of ketones is 1. The van der Waals surface area contributed by atoms with E-state index in [0.717, 1.165) is 5.56 Å². The molecule has 1 aromatic carbocycles. The number of hydrogen-bond donors (Lipinski definition) is 0. The monoisotopic (exact) mass is 264 g/mol. The van der Waals surface area contributed by atoms with Crippen LogP contribution in [-0.4, -0.2) is 12.0 Å². The minimum Gasteiger partial charge on any atom is -0.294 e. The van der Waals surface area contributed by atoms with Crippen molar-refractivity contribution in [1.82, 2.24) is 0 Å². The summed E-state index contributed by atoms with van der Waals surface area (Å²) in [6, 6.07) is 7.99. The van der Waals surface area contributed by atoms with Crippen molar-refractivity contribution < 1.29 is 4.79 Å². The maximum atomic E-state index is 12.2. The Morgan fingerprint density at radius 1 is 1.11 bits per heavy atom. The van der Waals surface area contributed by atoms with Gasteiger partial charge in [0.1, 0.15) is 0 Å². The normalized spacial score (nSPS) is 10.9. The zero-order chi connectivity index (χ0) is 13.4. The summed E-state index contributed by atoms with van der Waals surface area (Å²) in [4.78, 5) is 13.4. The number of benzene rings is 1. The predicted molar refractivity (Wildman–Crippen MR) is 80.5 cm³/mol. The first-order chi connectivity index (χ1) is 8.71. The Kier molecular flexibility index (Phi) is 7.11. The van der Waals surface area contributed by atoms with Gasteiger partial charge in [0.05, 0.1) is 0 Å². The summed E-state index contributed by atoms with van der Waals surface area (Å²) >= 11 is 1.71. The summed E-state index contributed by atoms with van der Waals surface area (Å²) < 4.78 is 0. The second-order valence-corrected chi connectivity index (χ2v) is 5.68. The lowest BCUT2D eigenvalue weighted by Gasteiger charge is -2.14. The van der Waals surface area contributed by atoms with Gasteiger partial charge in [0, 0.05) is 16.9 Å². The standard InChI is InChI=1S/C16H24OS/c1-4-6-13(7-5-2)12-16(17)14-8-10-15(18-3)11-9-14/h8-11,13H,4-7,12H2,1-3H3. The van der Waals surface area contributed by atoms with E-state index in [1.54, 1.807) is 11.8 Å². The highest BCUT2D eigenvalue weighted by Gasteiger charge is 2.13. The van der Waals surface area contributed by atoms with Gasteiger partial charge >= 0.3 is 0 Å². The van der Waals surface area contributed by atoms with Crippen LogP contribution in [0.4, 0.5) is 0 Å². The van der Waals surface area contributed by atoms with Gasteiger partial charge in [-0.05, 0) is 24.3 Å². The molecule has 0 aliphatic carbocycles. The lowest BCUT2D eigenvalue weighted by Crippen LogP contribution is -2.08. The van der Waals surface area contributed by atoms with Crippen LogP contribution < -0.4 is 0 Å². The first-order valence-corrected chi connectivity index (χ1v) is 8.11. The number of thioether (sulfide) groups is 1. The van der Waals surface area contributed by atoms with E-state index in [4.69, 9.17) is 0 Å². The number of hydrogen-bond acceptors (Lipinski definition) is 2. The smallest absolute Gasteiger partial charge is 0.163 e. The molecule has 100 valence electrons. The first-order valence-electron chi connectivity index (χ1n) is 6.88. The maximum Gasteiger partial charge on any atom is 0.163 e. The van der Waals surface area contributed by atoms with Crippen LogP contribution in [0.2, 0.25) is 0 Å². The van der Waals surface area contributed by atoms with Gasteiger partial charge in [-0.1, -0.05) is 51.7 Å². The second-order valence-electron chi connectivity index (χ2n) is 4.80. The van der Waals surface area contributed by atoms with Crippen LogP contribution >= 0.6 is 11.8 Å². The Morgan fingerprint density at radius 2 is 1.67 bits per heavy atom. The lowest BCUT2D eigenvalue weighted by molar-refractivity contribution is 0.0956. The SMILES string of the molecule is CCCC(CCC)CC(=O)c1ccc(SC)cc1. The fourth-order valence-corrected chi connectivity index (χ4v) is 2.73. The molecule has 0 aliphatic heterocycles. The van der Waals surface area contributed by atoms with Crippen molar-refractivity contribution >= 4 is 17.5 Å². The average molecular weight is 264 g/mol. The van der Waals surface area contributed by atoms with Crippen molar-refractivity contribution in [2.24, 2.45) is 5.92 Å². The molecule has 0 fully saturated rings. The van der Waals surface area contributed by atoms with E-state index in [2.05, 4.69) is 20.1 Å². The highest BCUT2D eigenvalue weighted by atomic mass is 32.2. The highest BCUT2D eigenvalue weighted by Crippen LogP contribution is 2.21. The molecule has 1 aromatic rings. The van der Waals surface area contributed by atoms with Gasteiger partial charge in [0.25, 0.3) is 0 Å². The molecule has 0 amide bonds. The molecule has 0 aromatic heterocycles. The zero-order valence-electron chi connectivity index (χ0n) is 11.7. The molecule has 0 saturated carbocycles. The van der Waals surface area contributed by atoms with Crippen LogP contribution in [0.15, 0.2) is 29.2 Å². The van der Waals surface area contributed by atoms with E-state index < -0.39 is 0 Å². The molecule has 1 nitrogen and oxygen atoms in total. The Balaban J connectivity index is 2.61. The molecule has 0 spiro atoms. The summed E-state index contributed by atoms with van der Waals surface area (Å²) in [5, 5.41) is 0. The maximum absolute atomic E-state index is 12.2. The van der Waals surface area contributed by atoms with Gasteiger partial charge in [-0.25, -0.2) is 0 Å². The van der Waals surface area contributed by atoms with Crippen molar-refractivity contribution in [2.45, 2.75) is 50.8 Å². The molecule has 0 atom stereocenters.